The molecule has 0 bridgehead atoms. The van der Waals surface area contributed by atoms with Crippen molar-refractivity contribution < 1.29 is 9.53 Å². The van der Waals surface area contributed by atoms with Crippen molar-refractivity contribution in [3.63, 3.8) is 0 Å². The van der Waals surface area contributed by atoms with Crippen LogP contribution in [0, 0.1) is 0 Å². The van der Waals surface area contributed by atoms with Crippen molar-refractivity contribution in [2.75, 3.05) is 0 Å². The molecule has 21 heavy (non-hydrogen) atoms. The van der Waals surface area contributed by atoms with Gasteiger partial charge in [-0.3, -0.25) is 4.79 Å². The summed E-state index contributed by atoms with van der Waals surface area (Å²) in [6.45, 7) is 6.29. The number of cyclic esters (lactones) is 1. The number of imidazole rings is 1. The standard InChI is InChI=1S/C14H16N4O3/c1-3-14(6-9(2)13(20)21-14)4-5-18-8-17-10-11(18)15-7-16-12(10)19/h7-8H,2-6H2,1H3,(H,15,16,19). The Labute approximate surface area is 120 Å². The molecular formula is C14H16N4O3. The molecule has 1 atom stereocenters. The van der Waals surface area contributed by atoms with E-state index in [4.69, 9.17) is 4.74 Å². The second-order valence-corrected chi connectivity index (χ2v) is 5.30. The maximum Gasteiger partial charge on any atom is 0.334 e. The van der Waals surface area contributed by atoms with E-state index >= 15 is 0 Å². The Morgan fingerprint density at radius 2 is 2.29 bits per heavy atom. The van der Waals surface area contributed by atoms with E-state index < -0.39 is 5.60 Å². The van der Waals surface area contributed by atoms with Gasteiger partial charge in [-0.2, -0.15) is 0 Å². The van der Waals surface area contributed by atoms with E-state index in [-0.39, 0.29) is 11.5 Å². The zero-order valence-corrected chi connectivity index (χ0v) is 11.8. The predicted octanol–water partition coefficient (Wildman–Crippen LogP) is 1.16. The summed E-state index contributed by atoms with van der Waals surface area (Å²) in [7, 11) is 0. The Balaban J connectivity index is 1.83. The van der Waals surface area contributed by atoms with Crippen LogP contribution in [0.5, 0.6) is 0 Å². The Bertz CT molecular complexity index is 758. The summed E-state index contributed by atoms with van der Waals surface area (Å²) in [5, 5.41) is 0. The average Bonchev–Trinajstić information content (AvgIpc) is 3.00. The molecule has 2 aromatic heterocycles. The first-order chi connectivity index (χ1) is 10.0. The fourth-order valence-electron chi connectivity index (χ4n) is 2.66. The van der Waals surface area contributed by atoms with E-state index in [1.54, 1.807) is 10.9 Å². The number of carbonyl (C=O) groups excluding carboxylic acids is 1. The van der Waals surface area contributed by atoms with Crippen molar-refractivity contribution in [3.05, 3.63) is 35.2 Å². The minimum Gasteiger partial charge on any atom is -0.455 e. The molecule has 0 radical (unpaired) electrons. The van der Waals surface area contributed by atoms with Gasteiger partial charge in [-0.15, -0.1) is 0 Å². The zero-order valence-electron chi connectivity index (χ0n) is 11.8. The number of ether oxygens (including phenoxy) is 1. The van der Waals surface area contributed by atoms with Gasteiger partial charge in [-0.1, -0.05) is 13.5 Å². The van der Waals surface area contributed by atoms with Crippen LogP contribution in [-0.4, -0.2) is 31.1 Å². The highest BCUT2D eigenvalue weighted by atomic mass is 16.6. The van der Waals surface area contributed by atoms with Crippen molar-refractivity contribution >= 4 is 17.1 Å². The highest BCUT2D eigenvalue weighted by Gasteiger charge is 2.41. The summed E-state index contributed by atoms with van der Waals surface area (Å²) < 4.78 is 7.29. The number of aromatic amines is 1. The maximum atomic E-state index is 11.6. The van der Waals surface area contributed by atoms with E-state index in [0.29, 0.717) is 36.1 Å². The van der Waals surface area contributed by atoms with E-state index in [2.05, 4.69) is 21.5 Å². The van der Waals surface area contributed by atoms with Crippen LogP contribution in [0.3, 0.4) is 0 Å². The van der Waals surface area contributed by atoms with Crippen molar-refractivity contribution in [2.24, 2.45) is 0 Å². The van der Waals surface area contributed by atoms with Crippen LogP contribution in [0.2, 0.25) is 0 Å². The lowest BCUT2D eigenvalue weighted by Gasteiger charge is -2.25. The molecule has 7 heteroatoms. The molecule has 1 N–H and O–H groups in total. The lowest BCUT2D eigenvalue weighted by Crippen LogP contribution is -2.29. The fraction of sp³-hybridized carbons (Fsp3) is 0.429. The number of nitrogens with one attached hydrogen (secondary N) is 1. The second-order valence-electron chi connectivity index (χ2n) is 5.30. The topological polar surface area (TPSA) is 89.9 Å². The molecule has 1 aliphatic rings. The lowest BCUT2D eigenvalue weighted by molar-refractivity contribution is -0.147. The zero-order chi connectivity index (χ0) is 15.0. The molecule has 7 nitrogen and oxygen atoms in total. The fourth-order valence-corrected chi connectivity index (χ4v) is 2.66. The third-order valence-corrected chi connectivity index (χ3v) is 3.99. The average molecular weight is 288 g/mol. The second kappa shape index (κ2) is 4.83. The molecular weight excluding hydrogens is 272 g/mol. The largest absolute Gasteiger partial charge is 0.455 e. The summed E-state index contributed by atoms with van der Waals surface area (Å²) in [5.41, 5.74) is 0.599. The van der Waals surface area contributed by atoms with Gasteiger partial charge in [0.15, 0.2) is 11.2 Å². The van der Waals surface area contributed by atoms with E-state index in [0.717, 1.165) is 6.42 Å². The summed E-state index contributed by atoms with van der Waals surface area (Å²) in [5.74, 6) is -0.318. The molecule has 1 fully saturated rings. The van der Waals surface area contributed by atoms with Gasteiger partial charge in [0, 0.05) is 25.0 Å². The Morgan fingerprint density at radius 1 is 1.48 bits per heavy atom. The van der Waals surface area contributed by atoms with Gasteiger partial charge >= 0.3 is 5.97 Å². The first kappa shape index (κ1) is 13.5. The quantitative estimate of drug-likeness (QED) is 0.673. The van der Waals surface area contributed by atoms with Crippen LogP contribution in [0.1, 0.15) is 26.2 Å². The molecule has 0 aliphatic carbocycles. The molecule has 0 aromatic carbocycles. The first-order valence-electron chi connectivity index (χ1n) is 6.84. The Kier molecular flexibility index (Phi) is 3.12. The highest BCUT2D eigenvalue weighted by Crippen LogP contribution is 2.36. The van der Waals surface area contributed by atoms with Crippen LogP contribution >= 0.6 is 0 Å². The van der Waals surface area contributed by atoms with Crippen LogP contribution in [-0.2, 0) is 16.1 Å². The minimum atomic E-state index is -0.508. The monoisotopic (exact) mass is 288 g/mol. The predicted molar refractivity (Wildman–Crippen MR) is 75.6 cm³/mol. The van der Waals surface area contributed by atoms with Gasteiger partial charge in [-0.05, 0) is 6.42 Å². The number of hydrogen-bond acceptors (Lipinski definition) is 5. The summed E-state index contributed by atoms with van der Waals surface area (Å²) in [4.78, 5) is 33.9. The van der Waals surface area contributed by atoms with Gasteiger partial charge in [0.25, 0.3) is 5.56 Å². The number of H-pyrrole nitrogens is 1. The number of fused-ring (bicyclic) bond motifs is 1. The number of hydrogen-bond donors (Lipinski definition) is 1. The summed E-state index contributed by atoms with van der Waals surface area (Å²) in [6, 6.07) is 0. The van der Waals surface area contributed by atoms with Crippen LogP contribution < -0.4 is 5.56 Å². The molecule has 1 aliphatic heterocycles. The third-order valence-electron chi connectivity index (χ3n) is 3.99. The molecule has 0 spiro atoms. The number of aromatic nitrogens is 4. The number of aryl methyl sites for hydroxylation is 1. The van der Waals surface area contributed by atoms with Gasteiger partial charge in [0.1, 0.15) is 5.60 Å². The van der Waals surface area contributed by atoms with Crippen molar-refractivity contribution in [1.82, 2.24) is 19.5 Å². The highest BCUT2D eigenvalue weighted by molar-refractivity contribution is 5.90. The summed E-state index contributed by atoms with van der Waals surface area (Å²) in [6.07, 6.45) is 4.84. The number of esters is 1. The number of carbonyl (C=O) groups is 1. The molecule has 1 unspecified atom stereocenters. The Hall–Kier alpha value is -2.44. The van der Waals surface area contributed by atoms with Crippen LogP contribution in [0.25, 0.3) is 11.2 Å². The van der Waals surface area contributed by atoms with Crippen molar-refractivity contribution in [3.8, 4) is 0 Å². The normalized spacial score (nSPS) is 22.0. The summed E-state index contributed by atoms with van der Waals surface area (Å²) >= 11 is 0. The van der Waals surface area contributed by atoms with Crippen LogP contribution in [0.15, 0.2) is 29.6 Å². The Morgan fingerprint density at radius 3 is 2.95 bits per heavy atom. The molecule has 1 saturated heterocycles. The molecule has 2 aromatic rings. The van der Waals surface area contributed by atoms with Gasteiger partial charge in [0.05, 0.1) is 12.7 Å². The number of nitrogens with zero attached hydrogens (tertiary/aromatic N) is 3. The molecule has 110 valence electrons. The van der Waals surface area contributed by atoms with E-state index in [9.17, 15) is 9.59 Å². The molecule has 0 saturated carbocycles. The van der Waals surface area contributed by atoms with E-state index in [1.807, 2.05) is 6.92 Å². The first-order valence-corrected chi connectivity index (χ1v) is 6.84. The van der Waals surface area contributed by atoms with Gasteiger partial charge in [0.2, 0.25) is 0 Å². The molecule has 3 rings (SSSR count). The minimum absolute atomic E-state index is 0.260. The third kappa shape index (κ3) is 2.24. The molecule has 3 heterocycles. The van der Waals surface area contributed by atoms with Crippen molar-refractivity contribution in [1.29, 1.82) is 0 Å². The molecule has 0 amide bonds. The van der Waals surface area contributed by atoms with E-state index in [1.165, 1.54) is 6.33 Å². The van der Waals surface area contributed by atoms with Gasteiger partial charge < -0.3 is 14.3 Å². The lowest BCUT2D eigenvalue weighted by atomic mass is 9.91. The smallest absolute Gasteiger partial charge is 0.334 e. The number of rotatable bonds is 4. The van der Waals surface area contributed by atoms with Crippen molar-refractivity contribution in [2.45, 2.75) is 38.3 Å². The van der Waals surface area contributed by atoms with Gasteiger partial charge in [-0.25, -0.2) is 14.8 Å². The van der Waals surface area contributed by atoms with Crippen LogP contribution in [0.4, 0.5) is 0 Å². The maximum absolute atomic E-state index is 11.6. The SMILES string of the molecule is C=C1CC(CC)(CCn2cnc3c(=O)[nH]cnc32)OC1=O.